The number of ether oxygens (including phenoxy) is 1. The number of hydrogen-bond donors (Lipinski definition) is 0. The van der Waals surface area contributed by atoms with E-state index < -0.39 is 0 Å². The molecule has 0 aromatic carbocycles. The van der Waals surface area contributed by atoms with E-state index in [1.807, 2.05) is 19.1 Å². The summed E-state index contributed by atoms with van der Waals surface area (Å²) in [5.41, 5.74) is 0.979. The molecule has 1 aliphatic heterocycles. The van der Waals surface area contributed by atoms with Gasteiger partial charge >= 0.3 is 0 Å². The molecule has 2 aromatic rings. The molecule has 0 aliphatic carbocycles. The Morgan fingerprint density at radius 3 is 2.77 bits per heavy atom. The van der Waals surface area contributed by atoms with Crippen molar-refractivity contribution in [3.8, 4) is 5.88 Å². The van der Waals surface area contributed by atoms with Crippen LogP contribution in [0.25, 0.3) is 0 Å². The lowest BCUT2D eigenvalue weighted by Gasteiger charge is -2.26. The van der Waals surface area contributed by atoms with Crippen LogP contribution in [0.15, 0.2) is 24.8 Å². The largest absolute Gasteiger partial charge is 0.481 e. The molecule has 2 aromatic heterocycles. The van der Waals surface area contributed by atoms with Crippen molar-refractivity contribution in [3.63, 3.8) is 0 Å². The zero-order valence-electron chi connectivity index (χ0n) is 13.1. The van der Waals surface area contributed by atoms with Gasteiger partial charge in [-0.3, -0.25) is 0 Å². The average Bonchev–Trinajstić information content (AvgIpc) is 3.04. The van der Waals surface area contributed by atoms with Gasteiger partial charge in [-0.1, -0.05) is 0 Å². The molecule has 0 N–H and O–H groups in total. The number of aromatic nitrogens is 4. The van der Waals surface area contributed by atoms with E-state index in [2.05, 4.69) is 36.8 Å². The van der Waals surface area contributed by atoms with Crippen LogP contribution in [0.3, 0.4) is 0 Å². The van der Waals surface area contributed by atoms with Crippen molar-refractivity contribution in [2.45, 2.75) is 19.4 Å². The molecular weight excluding hydrogens is 280 g/mol. The van der Waals surface area contributed by atoms with Crippen LogP contribution in [0, 0.1) is 6.92 Å². The molecule has 116 valence electrons. The molecule has 1 saturated heterocycles. The Kier molecular flexibility index (Phi) is 4.04. The topological polar surface area (TPSA) is 67.3 Å². The zero-order valence-corrected chi connectivity index (χ0v) is 13.1. The van der Waals surface area contributed by atoms with Gasteiger partial charge in [0.1, 0.15) is 24.3 Å². The Morgan fingerprint density at radius 2 is 2.00 bits per heavy atom. The van der Waals surface area contributed by atoms with E-state index in [1.165, 1.54) is 0 Å². The van der Waals surface area contributed by atoms with Crippen LogP contribution < -0.4 is 14.5 Å². The van der Waals surface area contributed by atoms with E-state index in [0.717, 1.165) is 36.8 Å². The number of likely N-dealkylation sites (N-methyl/N-ethyl adjacent to an activating group) is 1. The molecule has 0 saturated carbocycles. The highest BCUT2D eigenvalue weighted by Gasteiger charge is 2.27. The first-order chi connectivity index (χ1) is 10.7. The van der Waals surface area contributed by atoms with Crippen LogP contribution in [0.1, 0.15) is 12.1 Å². The number of rotatable bonds is 4. The molecule has 1 fully saturated rings. The van der Waals surface area contributed by atoms with Crippen LogP contribution in [0.2, 0.25) is 0 Å². The van der Waals surface area contributed by atoms with E-state index >= 15 is 0 Å². The van der Waals surface area contributed by atoms with E-state index in [-0.39, 0.29) is 0 Å². The van der Waals surface area contributed by atoms with Crippen molar-refractivity contribution in [1.82, 2.24) is 19.9 Å². The monoisotopic (exact) mass is 300 g/mol. The summed E-state index contributed by atoms with van der Waals surface area (Å²) in [6, 6.07) is 4.28. The van der Waals surface area contributed by atoms with Crippen molar-refractivity contribution in [1.29, 1.82) is 0 Å². The lowest BCUT2D eigenvalue weighted by molar-refractivity contribution is 0.397. The Morgan fingerprint density at radius 1 is 1.18 bits per heavy atom. The number of anilines is 2. The Balaban J connectivity index is 1.71. The molecule has 0 spiro atoms. The summed E-state index contributed by atoms with van der Waals surface area (Å²) in [7, 11) is 3.70. The van der Waals surface area contributed by atoms with E-state index in [4.69, 9.17) is 4.74 Å². The van der Waals surface area contributed by atoms with Gasteiger partial charge < -0.3 is 14.5 Å². The van der Waals surface area contributed by atoms with Crippen molar-refractivity contribution >= 4 is 11.6 Å². The van der Waals surface area contributed by atoms with Crippen LogP contribution in [-0.2, 0) is 0 Å². The van der Waals surface area contributed by atoms with Crippen molar-refractivity contribution in [2.24, 2.45) is 0 Å². The van der Waals surface area contributed by atoms with Gasteiger partial charge in [-0.2, -0.15) is 0 Å². The first-order valence-electron chi connectivity index (χ1n) is 7.30. The Hall–Kier alpha value is -2.44. The lowest BCUT2D eigenvalue weighted by atomic mass is 10.2. The summed E-state index contributed by atoms with van der Waals surface area (Å²) in [4.78, 5) is 21.4. The number of methoxy groups -OCH3 is 1. The summed E-state index contributed by atoms with van der Waals surface area (Å²) < 4.78 is 5.17. The normalized spacial score (nSPS) is 17.6. The highest BCUT2D eigenvalue weighted by atomic mass is 16.5. The second kappa shape index (κ2) is 6.13. The zero-order chi connectivity index (χ0) is 15.5. The maximum absolute atomic E-state index is 5.17. The average molecular weight is 300 g/mol. The quantitative estimate of drug-likeness (QED) is 0.843. The summed E-state index contributed by atoms with van der Waals surface area (Å²) in [5, 5.41) is 0. The van der Waals surface area contributed by atoms with E-state index in [1.54, 1.807) is 19.8 Å². The van der Waals surface area contributed by atoms with E-state index in [9.17, 15) is 0 Å². The molecule has 7 heteroatoms. The third-order valence-electron chi connectivity index (χ3n) is 4.02. The fourth-order valence-electron chi connectivity index (χ4n) is 2.70. The minimum Gasteiger partial charge on any atom is -0.481 e. The summed E-state index contributed by atoms with van der Waals surface area (Å²) in [5.74, 6) is 2.45. The number of hydrogen-bond acceptors (Lipinski definition) is 7. The van der Waals surface area contributed by atoms with Gasteiger partial charge in [0.25, 0.3) is 0 Å². The molecule has 1 aliphatic rings. The third-order valence-corrected chi connectivity index (χ3v) is 4.02. The second-order valence-corrected chi connectivity index (χ2v) is 5.44. The SMILES string of the molecule is COc1cc(N2CCC(N(C)c3cc(C)ncn3)C2)ncn1. The lowest BCUT2D eigenvalue weighted by Crippen LogP contribution is -2.35. The maximum Gasteiger partial charge on any atom is 0.218 e. The van der Waals surface area contributed by atoms with Crippen molar-refractivity contribution in [2.75, 3.05) is 37.0 Å². The summed E-state index contributed by atoms with van der Waals surface area (Å²) in [6.07, 6.45) is 4.22. The predicted octanol–water partition coefficient (Wildman–Crippen LogP) is 1.30. The molecule has 0 radical (unpaired) electrons. The van der Waals surface area contributed by atoms with Gasteiger partial charge in [-0.05, 0) is 13.3 Å². The second-order valence-electron chi connectivity index (χ2n) is 5.44. The highest BCUT2D eigenvalue weighted by molar-refractivity contribution is 5.45. The van der Waals surface area contributed by atoms with Gasteiger partial charge in [-0.25, -0.2) is 19.9 Å². The van der Waals surface area contributed by atoms with Crippen LogP contribution in [0.4, 0.5) is 11.6 Å². The molecule has 3 heterocycles. The fourth-order valence-corrected chi connectivity index (χ4v) is 2.70. The van der Waals surface area contributed by atoms with Crippen LogP contribution in [0.5, 0.6) is 5.88 Å². The molecule has 0 bridgehead atoms. The first-order valence-corrected chi connectivity index (χ1v) is 7.30. The Bertz CT molecular complexity index is 649. The van der Waals surface area contributed by atoms with Gasteiger partial charge in [-0.15, -0.1) is 0 Å². The first kappa shape index (κ1) is 14.5. The number of nitrogens with zero attached hydrogens (tertiary/aromatic N) is 6. The number of aryl methyl sites for hydroxylation is 1. The Labute approximate surface area is 130 Å². The van der Waals surface area contributed by atoms with Gasteiger partial charge in [0.2, 0.25) is 5.88 Å². The molecular formula is C15H20N6O. The van der Waals surface area contributed by atoms with Crippen molar-refractivity contribution < 1.29 is 4.74 Å². The van der Waals surface area contributed by atoms with Gasteiger partial charge in [0, 0.05) is 44.0 Å². The molecule has 22 heavy (non-hydrogen) atoms. The maximum atomic E-state index is 5.17. The molecule has 3 rings (SSSR count). The molecule has 7 nitrogen and oxygen atoms in total. The minimum absolute atomic E-state index is 0.398. The fraction of sp³-hybridized carbons (Fsp3) is 0.467. The smallest absolute Gasteiger partial charge is 0.218 e. The van der Waals surface area contributed by atoms with Gasteiger partial charge in [0.15, 0.2) is 0 Å². The predicted molar refractivity (Wildman–Crippen MR) is 84.4 cm³/mol. The third kappa shape index (κ3) is 2.93. The standard InChI is InChI=1S/C15H20N6O/c1-11-6-13(17-9-16-11)20(2)12-4-5-21(8-12)14-7-15(22-3)19-10-18-14/h6-7,9-10,12H,4-5,8H2,1-3H3. The summed E-state index contributed by atoms with van der Waals surface area (Å²) >= 11 is 0. The van der Waals surface area contributed by atoms with Crippen LogP contribution >= 0.6 is 0 Å². The molecule has 1 unspecified atom stereocenters. The minimum atomic E-state index is 0.398. The highest BCUT2D eigenvalue weighted by Crippen LogP contribution is 2.24. The van der Waals surface area contributed by atoms with Gasteiger partial charge in [0.05, 0.1) is 7.11 Å². The van der Waals surface area contributed by atoms with Crippen LogP contribution in [-0.4, -0.2) is 53.2 Å². The van der Waals surface area contributed by atoms with Crippen molar-refractivity contribution in [3.05, 3.63) is 30.5 Å². The van der Waals surface area contributed by atoms with E-state index in [0.29, 0.717) is 11.9 Å². The molecule has 0 amide bonds. The summed E-state index contributed by atoms with van der Waals surface area (Å²) in [6.45, 7) is 3.84. The molecule has 1 atom stereocenters.